The lowest BCUT2D eigenvalue weighted by Gasteiger charge is -2.25. The molecule has 1 heterocycles. The molecule has 1 saturated heterocycles. The third kappa shape index (κ3) is 2.75. The van der Waals surface area contributed by atoms with Crippen LogP contribution in [0.3, 0.4) is 0 Å². The normalized spacial score (nSPS) is 18.6. The van der Waals surface area contributed by atoms with Crippen LogP contribution in [0, 0.1) is 0 Å². The number of benzene rings is 1. The lowest BCUT2D eigenvalue weighted by Crippen LogP contribution is -2.30. The van der Waals surface area contributed by atoms with Crippen LogP contribution in [0.4, 0.5) is 0 Å². The first-order valence-electron chi connectivity index (χ1n) is 4.96. The van der Waals surface area contributed by atoms with E-state index in [4.69, 9.17) is 10.5 Å². The zero-order chi connectivity index (χ0) is 10.8. The van der Waals surface area contributed by atoms with Crippen molar-refractivity contribution in [2.75, 3.05) is 13.2 Å². The topological polar surface area (TPSA) is 35.2 Å². The summed E-state index contributed by atoms with van der Waals surface area (Å²) in [6.45, 7) is 3.74. The van der Waals surface area contributed by atoms with Crippen LogP contribution in [0.5, 0.6) is 0 Å². The molecule has 0 spiro atoms. The van der Waals surface area contributed by atoms with Crippen molar-refractivity contribution in [1.29, 1.82) is 0 Å². The van der Waals surface area contributed by atoms with Crippen molar-refractivity contribution >= 4 is 27.7 Å². The van der Waals surface area contributed by atoms with E-state index >= 15 is 0 Å². The Labute approximate surface area is 103 Å². The molecule has 1 aliphatic rings. The molecule has 0 amide bonds. The number of ether oxygens (including phenoxy) is 1. The van der Waals surface area contributed by atoms with Crippen LogP contribution in [0.1, 0.15) is 18.5 Å². The zero-order valence-corrected chi connectivity index (χ0v) is 11.0. The molecule has 2 rings (SSSR count). The average molecular weight is 288 g/mol. The number of nitrogens with two attached hydrogens (primary N) is 1. The van der Waals surface area contributed by atoms with Gasteiger partial charge >= 0.3 is 0 Å². The van der Waals surface area contributed by atoms with Gasteiger partial charge in [0, 0.05) is 15.4 Å². The maximum absolute atomic E-state index is 5.85. The minimum atomic E-state index is 0.0745. The highest BCUT2D eigenvalue weighted by Gasteiger charge is 2.19. The van der Waals surface area contributed by atoms with Crippen molar-refractivity contribution in [1.82, 2.24) is 0 Å². The largest absolute Gasteiger partial charge is 0.379 e. The number of rotatable bonds is 3. The standard InChI is InChI=1S/C11H14BrNOS/c1-7(13)10-3-2-8(4-11(10)12)15-9-5-14-6-9/h2-4,7,9H,5-6,13H2,1H3/t7-/m1/s1. The second-order valence-electron chi connectivity index (χ2n) is 3.75. The van der Waals surface area contributed by atoms with Crippen LogP contribution in [-0.4, -0.2) is 18.5 Å². The van der Waals surface area contributed by atoms with Crippen LogP contribution in [-0.2, 0) is 4.74 Å². The fourth-order valence-corrected chi connectivity index (χ4v) is 3.36. The molecule has 2 nitrogen and oxygen atoms in total. The predicted octanol–water partition coefficient (Wildman–Crippen LogP) is 2.96. The first-order chi connectivity index (χ1) is 7.16. The molecule has 0 radical (unpaired) electrons. The van der Waals surface area contributed by atoms with Gasteiger partial charge in [0.05, 0.1) is 18.5 Å². The molecule has 1 aliphatic heterocycles. The van der Waals surface area contributed by atoms with Gasteiger partial charge in [0.2, 0.25) is 0 Å². The van der Waals surface area contributed by atoms with Crippen molar-refractivity contribution in [2.45, 2.75) is 23.1 Å². The van der Waals surface area contributed by atoms with E-state index in [-0.39, 0.29) is 6.04 Å². The first kappa shape index (κ1) is 11.5. The average Bonchev–Trinajstić information content (AvgIpc) is 2.11. The fourth-order valence-electron chi connectivity index (χ4n) is 1.43. The Bertz CT molecular complexity index is 352. The van der Waals surface area contributed by atoms with E-state index < -0.39 is 0 Å². The van der Waals surface area contributed by atoms with Crippen LogP contribution in [0.25, 0.3) is 0 Å². The van der Waals surface area contributed by atoms with Gasteiger partial charge in [0.25, 0.3) is 0 Å². The Balaban J connectivity index is 2.10. The summed E-state index contributed by atoms with van der Waals surface area (Å²) in [7, 11) is 0. The Kier molecular flexibility index (Phi) is 3.72. The SMILES string of the molecule is C[C@@H](N)c1ccc(SC2COC2)cc1Br. The molecule has 1 atom stereocenters. The highest BCUT2D eigenvalue weighted by molar-refractivity contribution is 9.10. The van der Waals surface area contributed by atoms with E-state index in [1.165, 1.54) is 4.90 Å². The molecular formula is C11H14BrNOS. The molecule has 1 fully saturated rings. The summed E-state index contributed by atoms with van der Waals surface area (Å²) in [5.41, 5.74) is 7.00. The van der Waals surface area contributed by atoms with E-state index in [0.29, 0.717) is 5.25 Å². The number of hydrogen-bond acceptors (Lipinski definition) is 3. The van der Waals surface area contributed by atoms with Gasteiger partial charge in [-0.15, -0.1) is 11.8 Å². The molecule has 0 unspecified atom stereocenters. The molecule has 1 aromatic rings. The van der Waals surface area contributed by atoms with E-state index in [1.807, 2.05) is 18.7 Å². The maximum Gasteiger partial charge on any atom is 0.0611 e. The second-order valence-corrected chi connectivity index (χ2v) is 5.98. The minimum absolute atomic E-state index is 0.0745. The molecular weight excluding hydrogens is 274 g/mol. The molecule has 0 aliphatic carbocycles. The number of halogens is 1. The lowest BCUT2D eigenvalue weighted by atomic mass is 10.1. The minimum Gasteiger partial charge on any atom is -0.379 e. The molecule has 2 N–H and O–H groups in total. The summed E-state index contributed by atoms with van der Waals surface area (Å²) < 4.78 is 6.25. The van der Waals surface area contributed by atoms with Crippen LogP contribution >= 0.6 is 27.7 Å². The highest BCUT2D eigenvalue weighted by atomic mass is 79.9. The van der Waals surface area contributed by atoms with Gasteiger partial charge in [-0.25, -0.2) is 0 Å². The van der Waals surface area contributed by atoms with Crippen LogP contribution in [0.2, 0.25) is 0 Å². The summed E-state index contributed by atoms with van der Waals surface area (Å²) in [4.78, 5) is 1.28. The van der Waals surface area contributed by atoms with Gasteiger partial charge in [-0.1, -0.05) is 22.0 Å². The third-order valence-corrected chi connectivity index (χ3v) is 4.19. The maximum atomic E-state index is 5.85. The molecule has 1 aromatic carbocycles. The highest BCUT2D eigenvalue weighted by Crippen LogP contribution is 2.32. The summed E-state index contributed by atoms with van der Waals surface area (Å²) >= 11 is 5.42. The van der Waals surface area contributed by atoms with Gasteiger partial charge < -0.3 is 10.5 Å². The smallest absolute Gasteiger partial charge is 0.0611 e. The Morgan fingerprint density at radius 3 is 2.73 bits per heavy atom. The van der Waals surface area contributed by atoms with Crippen molar-refractivity contribution in [3.05, 3.63) is 28.2 Å². The number of thioether (sulfide) groups is 1. The molecule has 0 bridgehead atoms. The third-order valence-electron chi connectivity index (χ3n) is 2.37. The van der Waals surface area contributed by atoms with Gasteiger partial charge in [0.1, 0.15) is 0 Å². The fraction of sp³-hybridized carbons (Fsp3) is 0.455. The van der Waals surface area contributed by atoms with E-state index in [2.05, 4.69) is 34.1 Å². The molecule has 82 valence electrons. The second kappa shape index (κ2) is 4.87. The van der Waals surface area contributed by atoms with E-state index in [9.17, 15) is 0 Å². The van der Waals surface area contributed by atoms with Crippen molar-refractivity contribution in [3.8, 4) is 0 Å². The Morgan fingerprint density at radius 2 is 2.27 bits per heavy atom. The monoisotopic (exact) mass is 287 g/mol. The van der Waals surface area contributed by atoms with Crippen molar-refractivity contribution in [2.24, 2.45) is 5.73 Å². The molecule has 15 heavy (non-hydrogen) atoms. The molecule has 0 aromatic heterocycles. The van der Waals surface area contributed by atoms with E-state index in [1.54, 1.807) is 0 Å². The van der Waals surface area contributed by atoms with Gasteiger partial charge in [-0.05, 0) is 24.6 Å². The van der Waals surface area contributed by atoms with Crippen molar-refractivity contribution in [3.63, 3.8) is 0 Å². The van der Waals surface area contributed by atoms with Gasteiger partial charge in [0.15, 0.2) is 0 Å². The first-order valence-corrected chi connectivity index (χ1v) is 6.63. The summed E-state index contributed by atoms with van der Waals surface area (Å²) in [6.07, 6.45) is 0. The summed E-state index contributed by atoms with van der Waals surface area (Å²) in [5, 5.41) is 0.623. The van der Waals surface area contributed by atoms with Gasteiger partial charge in [-0.2, -0.15) is 0 Å². The molecule has 4 heteroatoms. The Hall–Kier alpha value is -0.0300. The van der Waals surface area contributed by atoms with E-state index in [0.717, 1.165) is 23.2 Å². The summed E-state index contributed by atoms with van der Waals surface area (Å²) in [6, 6.07) is 6.44. The molecule has 0 saturated carbocycles. The lowest BCUT2D eigenvalue weighted by molar-refractivity contribution is 0.0455. The van der Waals surface area contributed by atoms with Crippen LogP contribution < -0.4 is 5.73 Å². The zero-order valence-electron chi connectivity index (χ0n) is 8.57. The summed E-state index contributed by atoms with van der Waals surface area (Å²) in [5.74, 6) is 0. The quantitative estimate of drug-likeness (QED) is 0.928. The Morgan fingerprint density at radius 1 is 1.53 bits per heavy atom. The van der Waals surface area contributed by atoms with Gasteiger partial charge in [-0.3, -0.25) is 0 Å². The van der Waals surface area contributed by atoms with Crippen molar-refractivity contribution < 1.29 is 4.74 Å². The predicted molar refractivity (Wildman–Crippen MR) is 67.2 cm³/mol. The van der Waals surface area contributed by atoms with Crippen LogP contribution in [0.15, 0.2) is 27.6 Å². The number of hydrogen-bond donors (Lipinski definition) is 1.